The minimum atomic E-state index is -0.824. The predicted octanol–water partition coefficient (Wildman–Crippen LogP) is 4.36. The molecule has 3 aromatic carbocycles. The second-order valence-corrected chi connectivity index (χ2v) is 10.5. The Morgan fingerprint density at radius 2 is 1.89 bits per heavy atom. The number of amides is 1. The first-order valence-corrected chi connectivity index (χ1v) is 12.8. The van der Waals surface area contributed by atoms with E-state index < -0.39 is 5.72 Å². The highest BCUT2D eigenvalue weighted by atomic mass is 16.6. The summed E-state index contributed by atoms with van der Waals surface area (Å²) < 4.78 is 23.6. The molecule has 8 heteroatoms. The number of rotatable bonds is 3. The number of benzene rings is 3. The molecule has 0 spiro atoms. The third-order valence-corrected chi connectivity index (χ3v) is 8.90. The molecule has 5 aromatic rings. The van der Waals surface area contributed by atoms with E-state index in [1.807, 2.05) is 19.2 Å². The van der Waals surface area contributed by atoms with Crippen molar-refractivity contribution in [2.75, 3.05) is 21.3 Å². The van der Waals surface area contributed by atoms with Crippen molar-refractivity contribution >= 4 is 49.5 Å². The van der Waals surface area contributed by atoms with E-state index in [0.29, 0.717) is 6.54 Å². The smallest absolute Gasteiger partial charge is 0.252 e. The number of likely N-dealkylation sites (N-methyl/N-ethyl adjacent to an activating group) is 1. The molecular formula is C29H28N4O4. The summed E-state index contributed by atoms with van der Waals surface area (Å²) in [6, 6.07) is 14.6. The van der Waals surface area contributed by atoms with Crippen molar-refractivity contribution in [2.45, 2.75) is 44.0 Å². The largest absolute Gasteiger partial charge is 0.497 e. The van der Waals surface area contributed by atoms with Crippen molar-refractivity contribution in [3.05, 3.63) is 53.6 Å². The highest BCUT2D eigenvalue weighted by Gasteiger charge is 2.53. The number of carbonyl (C=O) groups is 1. The average molecular weight is 497 g/mol. The van der Waals surface area contributed by atoms with Gasteiger partial charge in [-0.3, -0.25) is 4.79 Å². The summed E-state index contributed by atoms with van der Waals surface area (Å²) in [4.78, 5) is 13.4. The van der Waals surface area contributed by atoms with Gasteiger partial charge in [0.1, 0.15) is 18.1 Å². The molecular weight excluding hydrogens is 468 g/mol. The van der Waals surface area contributed by atoms with Crippen LogP contribution in [0, 0.1) is 0 Å². The van der Waals surface area contributed by atoms with Gasteiger partial charge in [0.15, 0.2) is 5.72 Å². The first-order valence-electron chi connectivity index (χ1n) is 12.8. The Morgan fingerprint density at radius 3 is 2.68 bits per heavy atom. The lowest BCUT2D eigenvalue weighted by Gasteiger charge is -2.48. The summed E-state index contributed by atoms with van der Waals surface area (Å²) in [5.41, 5.74) is 5.19. The zero-order valence-corrected chi connectivity index (χ0v) is 21.2. The number of aromatic nitrogens is 2. The molecule has 2 aromatic heterocycles. The van der Waals surface area contributed by atoms with Crippen LogP contribution >= 0.6 is 0 Å². The first-order chi connectivity index (χ1) is 18.0. The second kappa shape index (κ2) is 7.04. The summed E-state index contributed by atoms with van der Waals surface area (Å²) >= 11 is 0. The van der Waals surface area contributed by atoms with Crippen molar-refractivity contribution in [3.63, 3.8) is 0 Å². The fourth-order valence-electron chi connectivity index (χ4n) is 7.49. The third kappa shape index (κ3) is 2.37. The van der Waals surface area contributed by atoms with Crippen LogP contribution < -0.4 is 15.4 Å². The van der Waals surface area contributed by atoms with E-state index in [1.165, 1.54) is 0 Å². The Hall–Kier alpha value is -3.59. The molecule has 37 heavy (non-hydrogen) atoms. The summed E-state index contributed by atoms with van der Waals surface area (Å²) in [7, 11) is 5.43. The summed E-state index contributed by atoms with van der Waals surface area (Å²) in [5.74, 6) is 0.755. The zero-order valence-electron chi connectivity index (χ0n) is 21.2. The van der Waals surface area contributed by atoms with Crippen LogP contribution in [-0.4, -0.2) is 48.5 Å². The molecule has 3 aliphatic heterocycles. The molecule has 0 aliphatic carbocycles. The number of carbonyl (C=O) groups excluding carboxylic acids is 1. The van der Waals surface area contributed by atoms with Gasteiger partial charge in [-0.25, -0.2) is 0 Å². The molecule has 4 atom stereocenters. The topological polar surface area (TPSA) is 78.7 Å². The standard InChI is InChI=1S/C29H28N4O4/c1-29-27(36-4)18(30-2)12-21(37-29)32-19-8-6-5-7-15(19)23-24-17(13-31-28(24)34)22-16-10-9-14(35-3)11-20(16)33(29)26(22)25(23)32/h5-11,18,21,27,30H,12-13H2,1-4H3,(H,31,34)/t18-,21-,27-,29+/m1/s1. The van der Waals surface area contributed by atoms with E-state index in [0.717, 1.165) is 66.9 Å². The quantitative estimate of drug-likeness (QED) is 0.388. The van der Waals surface area contributed by atoms with Crippen molar-refractivity contribution in [2.24, 2.45) is 0 Å². The molecule has 8 rings (SSSR count). The number of para-hydroxylation sites is 1. The SMILES string of the molecule is CN[C@@H]1C[C@H]2O[C@@](C)([C@@H]1OC)n1c3cc(OC)ccc3c3c4c(c5c6ccccc6n2c5c31)C(=O)NC4. The number of fused-ring (bicyclic) bond motifs is 13. The number of ether oxygens (including phenoxy) is 3. The van der Waals surface area contributed by atoms with E-state index in [2.05, 4.69) is 57.0 Å². The van der Waals surface area contributed by atoms with Crippen LogP contribution in [0.25, 0.3) is 43.6 Å². The van der Waals surface area contributed by atoms with E-state index in [-0.39, 0.29) is 24.3 Å². The monoisotopic (exact) mass is 496 g/mol. The van der Waals surface area contributed by atoms with Crippen LogP contribution in [0.2, 0.25) is 0 Å². The predicted molar refractivity (Wildman–Crippen MR) is 142 cm³/mol. The maximum absolute atomic E-state index is 13.4. The number of hydrogen-bond donors (Lipinski definition) is 2. The van der Waals surface area contributed by atoms with Gasteiger partial charge >= 0.3 is 0 Å². The van der Waals surface area contributed by atoms with Gasteiger partial charge in [0.2, 0.25) is 0 Å². The lowest BCUT2D eigenvalue weighted by atomic mass is 9.93. The molecule has 0 unspecified atom stereocenters. The highest BCUT2D eigenvalue weighted by Crippen LogP contribution is 2.53. The van der Waals surface area contributed by atoms with Gasteiger partial charge in [-0.1, -0.05) is 18.2 Å². The first kappa shape index (κ1) is 21.5. The van der Waals surface area contributed by atoms with Crippen molar-refractivity contribution in [1.82, 2.24) is 19.8 Å². The van der Waals surface area contributed by atoms with Gasteiger partial charge in [0.05, 0.1) is 34.7 Å². The van der Waals surface area contributed by atoms with Crippen LogP contribution in [0.3, 0.4) is 0 Å². The Balaban J connectivity index is 1.71. The van der Waals surface area contributed by atoms with Gasteiger partial charge in [-0.15, -0.1) is 0 Å². The minimum Gasteiger partial charge on any atom is -0.497 e. The molecule has 5 heterocycles. The van der Waals surface area contributed by atoms with Crippen LogP contribution in [0.1, 0.15) is 35.5 Å². The second-order valence-electron chi connectivity index (χ2n) is 10.5. The molecule has 2 bridgehead atoms. The Labute approximate surface area is 213 Å². The molecule has 3 aliphatic rings. The lowest BCUT2D eigenvalue weighted by Crippen LogP contribution is -2.59. The van der Waals surface area contributed by atoms with E-state index in [9.17, 15) is 4.79 Å². The van der Waals surface area contributed by atoms with E-state index in [4.69, 9.17) is 14.2 Å². The Morgan fingerprint density at radius 1 is 1.08 bits per heavy atom. The molecule has 0 saturated carbocycles. The number of nitrogens with zero attached hydrogens (tertiary/aromatic N) is 2. The molecule has 8 nitrogen and oxygen atoms in total. The van der Waals surface area contributed by atoms with Crippen LogP contribution in [0.15, 0.2) is 42.5 Å². The molecule has 188 valence electrons. The summed E-state index contributed by atoms with van der Waals surface area (Å²) in [5, 5.41) is 10.9. The Kier molecular flexibility index (Phi) is 4.09. The number of hydrogen-bond acceptors (Lipinski definition) is 5. The van der Waals surface area contributed by atoms with Crippen molar-refractivity contribution in [1.29, 1.82) is 0 Å². The van der Waals surface area contributed by atoms with E-state index in [1.54, 1.807) is 14.2 Å². The molecule has 0 radical (unpaired) electrons. The number of nitrogens with one attached hydrogen (secondary N) is 2. The van der Waals surface area contributed by atoms with Crippen LogP contribution in [-0.2, 0) is 21.7 Å². The van der Waals surface area contributed by atoms with Crippen LogP contribution in [0.5, 0.6) is 5.75 Å². The van der Waals surface area contributed by atoms with Gasteiger partial charge in [0, 0.05) is 53.7 Å². The fraction of sp³-hybridized carbons (Fsp3) is 0.345. The van der Waals surface area contributed by atoms with Crippen LogP contribution in [0.4, 0.5) is 0 Å². The van der Waals surface area contributed by atoms with Gasteiger partial charge in [0.25, 0.3) is 5.91 Å². The zero-order chi connectivity index (χ0) is 25.2. The van der Waals surface area contributed by atoms with E-state index >= 15 is 0 Å². The average Bonchev–Trinajstić information content (AvgIpc) is 3.55. The molecule has 1 saturated heterocycles. The normalized spacial score (nSPS) is 26.4. The number of methoxy groups -OCH3 is 2. The fourth-order valence-corrected chi connectivity index (χ4v) is 7.49. The maximum atomic E-state index is 13.4. The van der Waals surface area contributed by atoms with Gasteiger partial charge < -0.3 is 34.0 Å². The van der Waals surface area contributed by atoms with Crippen molar-refractivity contribution < 1.29 is 19.0 Å². The maximum Gasteiger partial charge on any atom is 0.252 e. The minimum absolute atomic E-state index is 0.0172. The Bertz CT molecular complexity index is 1820. The molecule has 2 N–H and O–H groups in total. The lowest BCUT2D eigenvalue weighted by molar-refractivity contribution is -0.256. The highest BCUT2D eigenvalue weighted by molar-refractivity contribution is 6.31. The third-order valence-electron chi connectivity index (χ3n) is 8.90. The molecule has 1 fully saturated rings. The van der Waals surface area contributed by atoms with Gasteiger partial charge in [-0.05, 0) is 37.7 Å². The van der Waals surface area contributed by atoms with Gasteiger partial charge in [-0.2, -0.15) is 0 Å². The molecule has 1 amide bonds. The summed E-state index contributed by atoms with van der Waals surface area (Å²) in [6.07, 6.45) is 0.232. The van der Waals surface area contributed by atoms with Crippen molar-refractivity contribution in [3.8, 4) is 5.75 Å². The summed E-state index contributed by atoms with van der Waals surface area (Å²) in [6.45, 7) is 2.63.